The van der Waals surface area contributed by atoms with Gasteiger partial charge in [0, 0.05) is 12.3 Å². The summed E-state index contributed by atoms with van der Waals surface area (Å²) in [7, 11) is -3.11. The number of nitrogens with one attached hydrogen (secondary N) is 1. The van der Waals surface area contributed by atoms with Crippen LogP contribution in [0.3, 0.4) is 0 Å². The second-order valence-electron chi connectivity index (χ2n) is 5.59. The maximum atomic E-state index is 11.6. The second-order valence-corrected chi connectivity index (χ2v) is 7.86. The van der Waals surface area contributed by atoms with Gasteiger partial charge in [0.05, 0.1) is 5.25 Å². The number of aliphatic carboxylic acids is 1. The minimum Gasteiger partial charge on any atom is -0.480 e. The van der Waals surface area contributed by atoms with E-state index in [4.69, 9.17) is 5.11 Å². The summed E-state index contributed by atoms with van der Waals surface area (Å²) >= 11 is 0. The molecule has 0 heterocycles. The lowest BCUT2D eigenvalue weighted by molar-refractivity contribution is -0.140. The SMILES string of the molecule is CC(C)CC(NC1CCCC1S(C)(=O)=O)C(=O)O. The molecule has 0 spiro atoms. The molecule has 0 radical (unpaired) electrons. The molecule has 106 valence electrons. The smallest absolute Gasteiger partial charge is 0.320 e. The van der Waals surface area contributed by atoms with Crippen molar-refractivity contribution < 1.29 is 18.3 Å². The van der Waals surface area contributed by atoms with Gasteiger partial charge in [-0.15, -0.1) is 0 Å². The zero-order valence-electron chi connectivity index (χ0n) is 11.2. The third-order valence-electron chi connectivity index (χ3n) is 3.42. The highest BCUT2D eigenvalue weighted by molar-refractivity contribution is 7.91. The van der Waals surface area contributed by atoms with E-state index in [1.165, 1.54) is 6.26 Å². The van der Waals surface area contributed by atoms with E-state index in [0.717, 1.165) is 12.8 Å². The summed E-state index contributed by atoms with van der Waals surface area (Å²) in [6.07, 6.45) is 3.95. The Balaban J connectivity index is 2.71. The van der Waals surface area contributed by atoms with Gasteiger partial charge in [-0.3, -0.25) is 4.79 Å². The average molecular weight is 277 g/mol. The third-order valence-corrected chi connectivity index (χ3v) is 5.09. The summed E-state index contributed by atoms with van der Waals surface area (Å²) in [6.45, 7) is 3.92. The molecular weight excluding hydrogens is 254 g/mol. The molecule has 0 aromatic carbocycles. The lowest BCUT2D eigenvalue weighted by Gasteiger charge is -2.25. The van der Waals surface area contributed by atoms with Crippen LogP contribution in [0.5, 0.6) is 0 Å². The molecule has 1 aliphatic rings. The maximum absolute atomic E-state index is 11.6. The van der Waals surface area contributed by atoms with Crippen LogP contribution in [0, 0.1) is 5.92 Å². The topological polar surface area (TPSA) is 83.5 Å². The molecule has 0 aromatic rings. The van der Waals surface area contributed by atoms with E-state index in [1.54, 1.807) is 0 Å². The molecule has 1 fully saturated rings. The van der Waals surface area contributed by atoms with Gasteiger partial charge in [0.2, 0.25) is 0 Å². The first-order valence-corrected chi connectivity index (χ1v) is 8.35. The Bertz CT molecular complexity index is 391. The molecule has 2 N–H and O–H groups in total. The van der Waals surface area contributed by atoms with Crippen molar-refractivity contribution in [2.24, 2.45) is 5.92 Å². The van der Waals surface area contributed by atoms with Crippen molar-refractivity contribution in [1.29, 1.82) is 0 Å². The van der Waals surface area contributed by atoms with Gasteiger partial charge >= 0.3 is 5.97 Å². The summed E-state index contributed by atoms with van der Waals surface area (Å²) in [5.74, 6) is -0.639. The first-order valence-electron chi connectivity index (χ1n) is 6.39. The Morgan fingerprint density at radius 2 is 2.00 bits per heavy atom. The summed E-state index contributed by atoms with van der Waals surface area (Å²) in [5, 5.41) is 11.7. The average Bonchev–Trinajstić information content (AvgIpc) is 2.63. The number of sulfone groups is 1. The van der Waals surface area contributed by atoms with E-state index in [1.807, 2.05) is 13.8 Å². The van der Waals surface area contributed by atoms with Gasteiger partial charge in [-0.2, -0.15) is 0 Å². The van der Waals surface area contributed by atoms with Gasteiger partial charge in [0.1, 0.15) is 6.04 Å². The Morgan fingerprint density at radius 3 is 2.44 bits per heavy atom. The Morgan fingerprint density at radius 1 is 1.39 bits per heavy atom. The van der Waals surface area contributed by atoms with Crippen molar-refractivity contribution in [3.8, 4) is 0 Å². The third kappa shape index (κ3) is 4.24. The minimum absolute atomic E-state index is 0.222. The Labute approximate surface area is 109 Å². The van der Waals surface area contributed by atoms with Gasteiger partial charge in [0.25, 0.3) is 0 Å². The predicted molar refractivity (Wildman–Crippen MR) is 70.3 cm³/mol. The lowest BCUT2D eigenvalue weighted by Crippen LogP contribution is -2.48. The van der Waals surface area contributed by atoms with E-state index in [9.17, 15) is 13.2 Å². The summed E-state index contributed by atoms with van der Waals surface area (Å²) in [5.41, 5.74) is 0. The molecule has 0 aliphatic heterocycles. The number of hydrogen-bond acceptors (Lipinski definition) is 4. The summed E-state index contributed by atoms with van der Waals surface area (Å²) in [6, 6.07) is -0.878. The number of carboxylic acid groups (broad SMARTS) is 1. The molecule has 5 nitrogen and oxygen atoms in total. The fraction of sp³-hybridized carbons (Fsp3) is 0.917. The van der Waals surface area contributed by atoms with Gasteiger partial charge in [-0.1, -0.05) is 20.3 Å². The van der Waals surface area contributed by atoms with Crippen molar-refractivity contribution in [2.75, 3.05) is 6.26 Å². The van der Waals surface area contributed by atoms with E-state index in [2.05, 4.69) is 5.32 Å². The van der Waals surface area contributed by atoms with Crippen LogP contribution in [0.25, 0.3) is 0 Å². The highest BCUT2D eigenvalue weighted by Gasteiger charge is 2.37. The first-order chi connectivity index (χ1) is 8.21. The van der Waals surface area contributed by atoms with E-state index in [-0.39, 0.29) is 12.0 Å². The Hall–Kier alpha value is -0.620. The normalized spacial score (nSPS) is 26.4. The largest absolute Gasteiger partial charge is 0.480 e. The van der Waals surface area contributed by atoms with Gasteiger partial charge in [0.15, 0.2) is 9.84 Å². The quantitative estimate of drug-likeness (QED) is 0.758. The zero-order valence-corrected chi connectivity index (χ0v) is 12.0. The predicted octanol–water partition coefficient (Wildman–Crippen LogP) is 1.04. The monoisotopic (exact) mass is 277 g/mol. The Kier molecular flexibility index (Phi) is 5.16. The molecule has 0 amide bonds. The summed E-state index contributed by atoms with van der Waals surface area (Å²) in [4.78, 5) is 11.2. The van der Waals surface area contributed by atoms with Crippen molar-refractivity contribution >= 4 is 15.8 Å². The molecule has 0 saturated heterocycles. The molecule has 1 aliphatic carbocycles. The van der Waals surface area contributed by atoms with Crippen LogP contribution in [0.2, 0.25) is 0 Å². The van der Waals surface area contributed by atoms with E-state index in [0.29, 0.717) is 12.8 Å². The van der Waals surface area contributed by atoms with Crippen molar-refractivity contribution in [2.45, 2.75) is 56.9 Å². The fourth-order valence-electron chi connectivity index (χ4n) is 2.60. The molecule has 3 unspecified atom stereocenters. The fourth-order valence-corrected chi connectivity index (χ4v) is 4.01. The molecule has 18 heavy (non-hydrogen) atoms. The van der Waals surface area contributed by atoms with Crippen LogP contribution in [0.15, 0.2) is 0 Å². The maximum Gasteiger partial charge on any atom is 0.320 e. The summed E-state index contributed by atoms with van der Waals surface area (Å²) < 4.78 is 23.3. The van der Waals surface area contributed by atoms with Gasteiger partial charge < -0.3 is 10.4 Å². The number of rotatable bonds is 6. The standard InChI is InChI=1S/C12H23NO4S/c1-8(2)7-10(12(14)15)13-9-5-4-6-11(9)18(3,16)17/h8-11,13H,4-7H2,1-3H3,(H,14,15). The first kappa shape index (κ1) is 15.4. The van der Waals surface area contributed by atoms with E-state index < -0.39 is 27.1 Å². The highest BCUT2D eigenvalue weighted by atomic mass is 32.2. The van der Waals surface area contributed by atoms with Crippen LogP contribution in [0.4, 0.5) is 0 Å². The van der Waals surface area contributed by atoms with Crippen molar-refractivity contribution in [3.63, 3.8) is 0 Å². The second kappa shape index (κ2) is 6.02. The van der Waals surface area contributed by atoms with Gasteiger partial charge in [-0.25, -0.2) is 8.42 Å². The van der Waals surface area contributed by atoms with Crippen LogP contribution >= 0.6 is 0 Å². The molecule has 0 bridgehead atoms. The zero-order chi connectivity index (χ0) is 13.9. The molecule has 3 atom stereocenters. The van der Waals surface area contributed by atoms with Crippen LogP contribution in [-0.2, 0) is 14.6 Å². The van der Waals surface area contributed by atoms with Crippen LogP contribution in [-0.4, -0.2) is 43.1 Å². The van der Waals surface area contributed by atoms with Crippen LogP contribution in [0.1, 0.15) is 39.5 Å². The lowest BCUT2D eigenvalue weighted by atomic mass is 10.0. The number of carboxylic acids is 1. The molecule has 0 aromatic heterocycles. The van der Waals surface area contributed by atoms with E-state index >= 15 is 0 Å². The van der Waals surface area contributed by atoms with Gasteiger partial charge in [-0.05, 0) is 25.2 Å². The number of carbonyl (C=O) groups is 1. The van der Waals surface area contributed by atoms with Crippen molar-refractivity contribution in [1.82, 2.24) is 5.32 Å². The minimum atomic E-state index is -3.11. The molecule has 6 heteroatoms. The number of hydrogen-bond donors (Lipinski definition) is 2. The molecule has 1 rings (SSSR count). The highest BCUT2D eigenvalue weighted by Crippen LogP contribution is 2.26. The van der Waals surface area contributed by atoms with Crippen LogP contribution < -0.4 is 5.32 Å². The molecule has 1 saturated carbocycles. The van der Waals surface area contributed by atoms with Crippen molar-refractivity contribution in [3.05, 3.63) is 0 Å². The molecular formula is C12H23NO4S.